The molecule has 2 heterocycles. The third-order valence-corrected chi connectivity index (χ3v) is 5.69. The average molecular weight is 332 g/mol. The maximum absolute atomic E-state index is 12.6. The van der Waals surface area contributed by atoms with Crippen molar-refractivity contribution in [2.75, 3.05) is 13.1 Å². The third kappa shape index (κ3) is 2.81. The van der Waals surface area contributed by atoms with Crippen molar-refractivity contribution in [3.8, 4) is 0 Å². The Morgan fingerprint density at radius 2 is 2.14 bits per heavy atom. The fourth-order valence-corrected chi connectivity index (χ4v) is 4.19. The number of hydrogen-bond acceptors (Lipinski definition) is 4. The van der Waals surface area contributed by atoms with E-state index in [1.165, 1.54) is 0 Å². The average Bonchev–Trinajstić information content (AvgIpc) is 3.01. The van der Waals surface area contributed by atoms with Gasteiger partial charge in [-0.1, -0.05) is 13.3 Å². The predicted molar refractivity (Wildman–Crippen MR) is 77.9 cm³/mol. The minimum atomic E-state index is -3.99. The van der Waals surface area contributed by atoms with Crippen LogP contribution in [0.25, 0.3) is 0 Å². The SMILES string of the molecule is CCC1CCN(C(=O)c2n[nH]c(C3CC3)c2S(=O)(=O)Cl)C1. The van der Waals surface area contributed by atoms with Gasteiger partial charge >= 0.3 is 0 Å². The Morgan fingerprint density at radius 3 is 2.67 bits per heavy atom. The molecule has 2 aliphatic rings. The summed E-state index contributed by atoms with van der Waals surface area (Å²) in [7, 11) is 1.54. The Balaban J connectivity index is 1.93. The minimum absolute atomic E-state index is 0.0522. The second-order valence-corrected chi connectivity index (χ2v) is 8.34. The first-order valence-electron chi connectivity index (χ1n) is 7.24. The smallest absolute Gasteiger partial charge is 0.275 e. The zero-order chi connectivity index (χ0) is 15.2. The van der Waals surface area contributed by atoms with E-state index < -0.39 is 9.05 Å². The van der Waals surface area contributed by atoms with Gasteiger partial charge in [0.15, 0.2) is 5.69 Å². The Kier molecular flexibility index (Phi) is 3.73. The van der Waals surface area contributed by atoms with Crippen molar-refractivity contribution in [1.82, 2.24) is 15.1 Å². The normalized spacial score (nSPS) is 22.8. The highest BCUT2D eigenvalue weighted by molar-refractivity contribution is 8.13. The first-order valence-corrected chi connectivity index (χ1v) is 9.55. The molecule has 0 radical (unpaired) electrons. The zero-order valence-corrected chi connectivity index (χ0v) is 13.4. The highest BCUT2D eigenvalue weighted by Gasteiger charge is 2.38. The van der Waals surface area contributed by atoms with E-state index in [1.54, 1.807) is 4.90 Å². The van der Waals surface area contributed by atoms with Gasteiger partial charge in [0.1, 0.15) is 4.90 Å². The summed E-state index contributed by atoms with van der Waals surface area (Å²) in [5.74, 6) is 0.268. The molecule has 1 saturated heterocycles. The van der Waals surface area contributed by atoms with Gasteiger partial charge in [0.05, 0.1) is 5.69 Å². The van der Waals surface area contributed by atoms with Crippen LogP contribution in [0, 0.1) is 5.92 Å². The van der Waals surface area contributed by atoms with Gasteiger partial charge in [0, 0.05) is 29.7 Å². The number of likely N-dealkylation sites (tertiary alicyclic amines) is 1. The molecule has 1 saturated carbocycles. The van der Waals surface area contributed by atoms with Crippen molar-refractivity contribution in [3.63, 3.8) is 0 Å². The van der Waals surface area contributed by atoms with Crippen LogP contribution < -0.4 is 0 Å². The summed E-state index contributed by atoms with van der Waals surface area (Å²) in [6.07, 6.45) is 3.76. The van der Waals surface area contributed by atoms with Gasteiger partial charge in [-0.25, -0.2) is 8.42 Å². The monoisotopic (exact) mass is 331 g/mol. The van der Waals surface area contributed by atoms with Gasteiger partial charge in [-0.15, -0.1) is 0 Å². The lowest BCUT2D eigenvalue weighted by molar-refractivity contribution is 0.0777. The molecule has 6 nitrogen and oxygen atoms in total. The number of aromatic amines is 1. The van der Waals surface area contributed by atoms with Crippen molar-refractivity contribution < 1.29 is 13.2 Å². The number of carbonyl (C=O) groups is 1. The number of H-pyrrole nitrogens is 1. The van der Waals surface area contributed by atoms with Gasteiger partial charge in [0.2, 0.25) is 0 Å². The molecule has 1 unspecified atom stereocenters. The molecule has 1 aromatic heterocycles. The standard InChI is InChI=1S/C13H18ClN3O3S/c1-2-8-5-6-17(7-8)13(18)11-12(21(14,19)20)10(15-16-11)9-3-4-9/h8-9H,2-7H2,1H3,(H,15,16). The van der Waals surface area contributed by atoms with E-state index >= 15 is 0 Å². The van der Waals surface area contributed by atoms with Gasteiger partial charge < -0.3 is 4.90 Å². The summed E-state index contributed by atoms with van der Waals surface area (Å²) < 4.78 is 23.7. The van der Waals surface area contributed by atoms with E-state index in [2.05, 4.69) is 17.1 Å². The van der Waals surface area contributed by atoms with Crippen LogP contribution in [-0.4, -0.2) is 42.5 Å². The second-order valence-electron chi connectivity index (χ2n) is 5.84. The molecular formula is C13H18ClN3O3S. The van der Waals surface area contributed by atoms with Crippen molar-refractivity contribution in [3.05, 3.63) is 11.4 Å². The van der Waals surface area contributed by atoms with E-state index in [-0.39, 0.29) is 22.4 Å². The van der Waals surface area contributed by atoms with Gasteiger partial charge in [-0.3, -0.25) is 9.89 Å². The van der Waals surface area contributed by atoms with Gasteiger partial charge in [-0.2, -0.15) is 5.10 Å². The molecule has 1 aliphatic heterocycles. The Labute approximate surface area is 128 Å². The third-order valence-electron chi connectivity index (χ3n) is 4.33. The van der Waals surface area contributed by atoms with E-state index in [0.29, 0.717) is 24.7 Å². The van der Waals surface area contributed by atoms with Crippen molar-refractivity contribution in [1.29, 1.82) is 0 Å². The molecule has 116 valence electrons. The number of halogens is 1. The Bertz CT molecular complexity index is 666. The minimum Gasteiger partial charge on any atom is -0.337 e. The first-order chi connectivity index (χ1) is 9.91. The van der Waals surface area contributed by atoms with Crippen LogP contribution in [0.4, 0.5) is 0 Å². The van der Waals surface area contributed by atoms with Crippen LogP contribution >= 0.6 is 10.7 Å². The fraction of sp³-hybridized carbons (Fsp3) is 0.692. The topological polar surface area (TPSA) is 83.1 Å². The van der Waals surface area contributed by atoms with E-state index in [9.17, 15) is 13.2 Å². The van der Waals surface area contributed by atoms with Crippen molar-refractivity contribution in [2.45, 2.75) is 43.4 Å². The Morgan fingerprint density at radius 1 is 1.43 bits per heavy atom. The second kappa shape index (κ2) is 5.28. The first kappa shape index (κ1) is 14.8. The molecule has 0 spiro atoms. The molecule has 2 fully saturated rings. The number of nitrogens with one attached hydrogen (secondary N) is 1. The molecule has 8 heteroatoms. The number of amides is 1. The lowest BCUT2D eigenvalue weighted by atomic mass is 10.1. The van der Waals surface area contributed by atoms with Crippen LogP contribution in [-0.2, 0) is 9.05 Å². The van der Waals surface area contributed by atoms with Crippen LogP contribution in [0.2, 0.25) is 0 Å². The van der Waals surface area contributed by atoms with Crippen LogP contribution in [0.3, 0.4) is 0 Å². The van der Waals surface area contributed by atoms with Crippen LogP contribution in [0.1, 0.15) is 54.7 Å². The number of aromatic nitrogens is 2. The predicted octanol–water partition coefficient (Wildman–Crippen LogP) is 2.09. The number of hydrogen-bond donors (Lipinski definition) is 1. The maximum atomic E-state index is 12.6. The molecule has 1 atom stereocenters. The molecule has 3 rings (SSSR count). The van der Waals surface area contributed by atoms with E-state index in [0.717, 1.165) is 25.7 Å². The largest absolute Gasteiger partial charge is 0.337 e. The fourth-order valence-electron chi connectivity index (χ4n) is 2.89. The quantitative estimate of drug-likeness (QED) is 0.856. The molecular weight excluding hydrogens is 314 g/mol. The molecule has 1 amide bonds. The molecule has 1 N–H and O–H groups in total. The number of carbonyl (C=O) groups excluding carboxylic acids is 1. The number of nitrogens with zero attached hydrogens (tertiary/aromatic N) is 2. The summed E-state index contributed by atoms with van der Waals surface area (Å²) >= 11 is 0. The Hall–Kier alpha value is -1.08. The van der Waals surface area contributed by atoms with Gasteiger partial charge in [-0.05, 0) is 25.2 Å². The molecule has 0 bridgehead atoms. The highest BCUT2D eigenvalue weighted by Crippen LogP contribution is 2.43. The summed E-state index contributed by atoms with van der Waals surface area (Å²) in [5, 5.41) is 6.67. The molecule has 1 aliphatic carbocycles. The maximum Gasteiger partial charge on any atom is 0.275 e. The molecule has 21 heavy (non-hydrogen) atoms. The van der Waals surface area contributed by atoms with Crippen LogP contribution in [0.5, 0.6) is 0 Å². The van der Waals surface area contributed by atoms with Gasteiger partial charge in [0.25, 0.3) is 15.0 Å². The van der Waals surface area contributed by atoms with Crippen molar-refractivity contribution in [2.24, 2.45) is 5.92 Å². The molecule has 0 aromatic carbocycles. The lowest BCUT2D eigenvalue weighted by Crippen LogP contribution is -2.30. The summed E-state index contributed by atoms with van der Waals surface area (Å²) in [5.41, 5.74) is 0.434. The zero-order valence-electron chi connectivity index (χ0n) is 11.8. The molecule has 1 aromatic rings. The highest BCUT2D eigenvalue weighted by atomic mass is 35.7. The summed E-state index contributed by atoms with van der Waals surface area (Å²) in [6.45, 7) is 3.39. The number of rotatable bonds is 4. The summed E-state index contributed by atoms with van der Waals surface area (Å²) in [6, 6.07) is 0. The van der Waals surface area contributed by atoms with E-state index in [4.69, 9.17) is 10.7 Å². The van der Waals surface area contributed by atoms with Crippen LogP contribution in [0.15, 0.2) is 4.90 Å². The lowest BCUT2D eigenvalue weighted by Gasteiger charge is -2.15. The summed E-state index contributed by atoms with van der Waals surface area (Å²) in [4.78, 5) is 14.1. The van der Waals surface area contributed by atoms with Crippen molar-refractivity contribution >= 4 is 25.6 Å². The van der Waals surface area contributed by atoms with E-state index in [1.807, 2.05) is 0 Å².